The van der Waals surface area contributed by atoms with E-state index in [1.807, 2.05) is 25.1 Å². The maximum atomic E-state index is 12.5. The summed E-state index contributed by atoms with van der Waals surface area (Å²) < 4.78 is 6.74. The van der Waals surface area contributed by atoms with Crippen molar-refractivity contribution in [3.05, 3.63) is 76.6 Å². The van der Waals surface area contributed by atoms with Crippen molar-refractivity contribution in [3.8, 4) is 5.75 Å². The molecule has 164 valence electrons. The second-order valence-electron chi connectivity index (χ2n) is 7.22. The number of benzene rings is 3. The summed E-state index contributed by atoms with van der Waals surface area (Å²) in [5, 5.41) is 14.6. The smallest absolute Gasteiger partial charge is 0.234 e. The van der Waals surface area contributed by atoms with Gasteiger partial charge in [-0.3, -0.25) is 4.79 Å². The van der Waals surface area contributed by atoms with E-state index >= 15 is 0 Å². The third kappa shape index (κ3) is 4.66. The van der Waals surface area contributed by atoms with Gasteiger partial charge in [0.25, 0.3) is 0 Å². The number of rotatable bonds is 7. The van der Waals surface area contributed by atoms with Crippen LogP contribution in [0.4, 0.5) is 5.69 Å². The second kappa shape index (κ2) is 9.50. The van der Waals surface area contributed by atoms with Crippen LogP contribution in [0.3, 0.4) is 0 Å². The molecule has 0 saturated carbocycles. The summed E-state index contributed by atoms with van der Waals surface area (Å²) in [6.45, 7) is 1.86. The van der Waals surface area contributed by atoms with Gasteiger partial charge in [0, 0.05) is 17.5 Å². The molecule has 3 aromatic carbocycles. The molecular formula is C23H22ClN5O2S. The Bertz CT molecular complexity index is 1290. The zero-order valence-corrected chi connectivity index (χ0v) is 19.2. The van der Waals surface area contributed by atoms with Crippen LogP contribution in [0.5, 0.6) is 5.75 Å². The molecule has 0 fully saturated rings. The van der Waals surface area contributed by atoms with Crippen molar-refractivity contribution < 1.29 is 9.53 Å². The van der Waals surface area contributed by atoms with Crippen molar-refractivity contribution in [2.75, 3.05) is 24.0 Å². The summed E-state index contributed by atoms with van der Waals surface area (Å²) in [7, 11) is 1.53. The number of aromatic nitrogens is 3. The Morgan fingerprint density at radius 1 is 1.19 bits per heavy atom. The van der Waals surface area contributed by atoms with E-state index in [0.29, 0.717) is 33.9 Å². The highest BCUT2D eigenvalue weighted by Gasteiger charge is 2.15. The predicted molar refractivity (Wildman–Crippen MR) is 129 cm³/mol. The van der Waals surface area contributed by atoms with Crippen LogP contribution in [0, 0.1) is 6.92 Å². The molecular weight excluding hydrogens is 446 g/mol. The topological polar surface area (TPSA) is 95.1 Å². The summed E-state index contributed by atoms with van der Waals surface area (Å²) in [6, 6.07) is 17.8. The van der Waals surface area contributed by atoms with Gasteiger partial charge in [-0.05, 0) is 34.9 Å². The zero-order chi connectivity index (χ0) is 22.7. The van der Waals surface area contributed by atoms with Gasteiger partial charge in [0.15, 0.2) is 5.82 Å². The van der Waals surface area contributed by atoms with Gasteiger partial charge < -0.3 is 15.9 Å². The van der Waals surface area contributed by atoms with Gasteiger partial charge in [-0.15, -0.1) is 10.2 Å². The van der Waals surface area contributed by atoms with E-state index in [4.69, 9.17) is 22.2 Å². The fourth-order valence-corrected chi connectivity index (χ4v) is 4.22. The monoisotopic (exact) mass is 467 g/mol. The lowest BCUT2D eigenvalue weighted by Crippen LogP contribution is -2.18. The predicted octanol–water partition coefficient (Wildman–Crippen LogP) is 4.44. The minimum atomic E-state index is -0.214. The minimum absolute atomic E-state index is 0.119. The maximum absolute atomic E-state index is 12.5. The molecule has 9 heteroatoms. The number of ether oxygens (including phenoxy) is 1. The molecule has 1 aromatic heterocycles. The third-order valence-corrected chi connectivity index (χ3v) is 6.40. The van der Waals surface area contributed by atoms with E-state index in [9.17, 15) is 4.79 Å². The normalized spacial score (nSPS) is 11.0. The fraction of sp³-hybridized carbons (Fsp3) is 0.174. The number of hydrogen-bond acceptors (Lipinski definition) is 6. The lowest BCUT2D eigenvalue weighted by Gasteiger charge is -2.12. The van der Waals surface area contributed by atoms with Crippen LogP contribution in [0.15, 0.2) is 59.8 Å². The average molecular weight is 468 g/mol. The Kier molecular flexibility index (Phi) is 6.53. The van der Waals surface area contributed by atoms with Crippen molar-refractivity contribution in [2.45, 2.75) is 18.5 Å². The molecule has 0 aliphatic carbocycles. The Labute approximate surface area is 194 Å². The Balaban J connectivity index is 1.43. The first-order valence-electron chi connectivity index (χ1n) is 9.89. The number of anilines is 1. The standard InChI is InChI=1S/C23H22ClN5O2S/c1-14-10-19(20(31-2)12-18(14)24)26-22(30)13-32-23-28-27-21(29(23)25)11-16-8-5-7-15-6-3-4-9-17(15)16/h3-10,12H,11,13,25H2,1-2H3,(H,26,30). The summed E-state index contributed by atoms with van der Waals surface area (Å²) in [5.41, 5.74) is 2.52. The molecule has 0 spiro atoms. The number of amides is 1. The fourth-order valence-electron chi connectivity index (χ4n) is 3.39. The van der Waals surface area contributed by atoms with E-state index < -0.39 is 0 Å². The number of carbonyl (C=O) groups excluding carboxylic acids is 1. The van der Waals surface area contributed by atoms with Crippen LogP contribution >= 0.6 is 23.4 Å². The number of nitrogens with one attached hydrogen (secondary N) is 1. The first-order valence-corrected chi connectivity index (χ1v) is 11.3. The average Bonchev–Trinajstić information content (AvgIpc) is 3.14. The van der Waals surface area contributed by atoms with Gasteiger partial charge in [-0.2, -0.15) is 0 Å². The molecule has 0 aliphatic rings. The van der Waals surface area contributed by atoms with Crippen LogP contribution < -0.4 is 15.9 Å². The minimum Gasteiger partial charge on any atom is -0.495 e. The number of carbonyl (C=O) groups is 1. The zero-order valence-electron chi connectivity index (χ0n) is 17.6. The SMILES string of the molecule is COc1cc(Cl)c(C)cc1NC(=O)CSc1nnc(Cc2cccc3ccccc23)n1N. The maximum Gasteiger partial charge on any atom is 0.234 e. The number of nitrogens with two attached hydrogens (primary N) is 1. The molecule has 4 rings (SSSR count). The van der Waals surface area contributed by atoms with Crippen LogP contribution in [0.2, 0.25) is 5.02 Å². The third-order valence-electron chi connectivity index (χ3n) is 5.05. The lowest BCUT2D eigenvalue weighted by molar-refractivity contribution is -0.113. The van der Waals surface area contributed by atoms with Crippen molar-refractivity contribution in [2.24, 2.45) is 0 Å². The molecule has 0 unspecified atom stereocenters. The molecule has 1 amide bonds. The van der Waals surface area contributed by atoms with Gasteiger partial charge in [0.1, 0.15) is 5.75 Å². The van der Waals surface area contributed by atoms with Crippen LogP contribution in [0.1, 0.15) is 17.0 Å². The molecule has 0 atom stereocenters. The first-order chi connectivity index (χ1) is 15.5. The number of nitrogens with zero attached hydrogens (tertiary/aromatic N) is 3. The highest BCUT2D eigenvalue weighted by molar-refractivity contribution is 7.99. The van der Waals surface area contributed by atoms with E-state index in [2.05, 4.69) is 39.8 Å². The summed E-state index contributed by atoms with van der Waals surface area (Å²) in [5.74, 6) is 7.25. The highest BCUT2D eigenvalue weighted by atomic mass is 35.5. The van der Waals surface area contributed by atoms with Crippen LogP contribution in [0.25, 0.3) is 10.8 Å². The Hall–Kier alpha value is -3.23. The number of hydrogen-bond donors (Lipinski definition) is 2. The molecule has 3 N–H and O–H groups in total. The van der Waals surface area contributed by atoms with E-state index in [-0.39, 0.29) is 11.7 Å². The number of fused-ring (bicyclic) bond motifs is 1. The summed E-state index contributed by atoms with van der Waals surface area (Å²) in [4.78, 5) is 12.5. The van der Waals surface area contributed by atoms with E-state index in [1.54, 1.807) is 12.1 Å². The summed E-state index contributed by atoms with van der Waals surface area (Å²) >= 11 is 7.34. The van der Waals surface area contributed by atoms with Crippen molar-refractivity contribution >= 4 is 45.7 Å². The summed E-state index contributed by atoms with van der Waals surface area (Å²) in [6.07, 6.45) is 0.541. The quantitative estimate of drug-likeness (QED) is 0.308. The molecule has 32 heavy (non-hydrogen) atoms. The molecule has 1 heterocycles. The van der Waals surface area contributed by atoms with Crippen molar-refractivity contribution in [1.82, 2.24) is 14.9 Å². The van der Waals surface area contributed by atoms with Gasteiger partial charge in [0.05, 0.1) is 18.6 Å². The molecule has 0 aliphatic heterocycles. The van der Waals surface area contributed by atoms with Gasteiger partial charge >= 0.3 is 0 Å². The number of methoxy groups -OCH3 is 1. The highest BCUT2D eigenvalue weighted by Crippen LogP contribution is 2.31. The van der Waals surface area contributed by atoms with Gasteiger partial charge in [-0.1, -0.05) is 65.8 Å². The van der Waals surface area contributed by atoms with E-state index in [0.717, 1.165) is 21.9 Å². The Morgan fingerprint density at radius 3 is 2.78 bits per heavy atom. The van der Waals surface area contributed by atoms with Crippen LogP contribution in [-0.2, 0) is 11.2 Å². The lowest BCUT2D eigenvalue weighted by atomic mass is 10.0. The molecule has 0 saturated heterocycles. The largest absolute Gasteiger partial charge is 0.495 e. The number of thioether (sulfide) groups is 1. The second-order valence-corrected chi connectivity index (χ2v) is 8.57. The molecule has 0 radical (unpaired) electrons. The first kappa shape index (κ1) is 22.0. The van der Waals surface area contributed by atoms with Gasteiger partial charge in [0.2, 0.25) is 11.1 Å². The van der Waals surface area contributed by atoms with Crippen molar-refractivity contribution in [3.63, 3.8) is 0 Å². The molecule has 0 bridgehead atoms. The number of nitrogen functional groups attached to an aromatic ring is 1. The Morgan fingerprint density at radius 2 is 1.97 bits per heavy atom. The van der Waals surface area contributed by atoms with Crippen molar-refractivity contribution in [1.29, 1.82) is 0 Å². The molecule has 4 aromatic rings. The van der Waals surface area contributed by atoms with E-state index in [1.165, 1.54) is 23.5 Å². The number of halogens is 1. The van der Waals surface area contributed by atoms with Crippen LogP contribution in [-0.4, -0.2) is 33.6 Å². The van der Waals surface area contributed by atoms with Gasteiger partial charge in [-0.25, -0.2) is 4.68 Å². The molecule has 7 nitrogen and oxygen atoms in total. The number of aryl methyl sites for hydroxylation is 1.